The van der Waals surface area contributed by atoms with Crippen molar-refractivity contribution in [3.05, 3.63) is 0 Å². The molecule has 3 rings (SSSR count). The van der Waals surface area contributed by atoms with E-state index >= 15 is 0 Å². The maximum Gasteiger partial charge on any atom is 0.348 e. The summed E-state index contributed by atoms with van der Waals surface area (Å²) in [5, 5.41) is 11.5. The fourth-order valence-corrected chi connectivity index (χ4v) is 4.46. The number of rotatable bonds is 4. The van der Waals surface area contributed by atoms with E-state index in [1.807, 2.05) is 13.8 Å². The normalized spacial score (nSPS) is 36.8. The summed E-state index contributed by atoms with van der Waals surface area (Å²) in [4.78, 5) is 41.9. The molecule has 146 valence electrons. The first kappa shape index (κ1) is 19.1. The van der Waals surface area contributed by atoms with Crippen LogP contribution < -0.4 is 0 Å². The Morgan fingerprint density at radius 2 is 2.00 bits per heavy atom. The van der Waals surface area contributed by atoms with Gasteiger partial charge in [-0.1, -0.05) is 27.7 Å². The first-order valence-corrected chi connectivity index (χ1v) is 9.36. The second kappa shape index (κ2) is 6.20. The molecule has 2 amide bonds. The highest BCUT2D eigenvalue weighted by Gasteiger charge is 2.74. The Balaban J connectivity index is 2.16. The number of piperazine rings is 1. The predicted molar refractivity (Wildman–Crippen MR) is 90.4 cm³/mol. The number of carbonyl (C=O) groups is 3. The van der Waals surface area contributed by atoms with Gasteiger partial charge in [-0.05, 0) is 25.7 Å². The molecule has 3 fully saturated rings. The minimum Gasteiger partial charge on any atom is -0.463 e. The fraction of sp³-hybridized carbons (Fsp3) is 0.833. The van der Waals surface area contributed by atoms with Crippen molar-refractivity contribution in [3.63, 3.8) is 0 Å². The zero-order chi connectivity index (χ0) is 19.4. The number of hydrogen-bond acceptors (Lipinski definition) is 6. The molecule has 0 aromatic heterocycles. The van der Waals surface area contributed by atoms with Crippen LogP contribution in [-0.4, -0.2) is 69.4 Å². The van der Waals surface area contributed by atoms with Gasteiger partial charge in [0.25, 0.3) is 11.8 Å². The van der Waals surface area contributed by atoms with Crippen molar-refractivity contribution < 1.29 is 29.0 Å². The van der Waals surface area contributed by atoms with E-state index in [0.717, 1.165) is 4.90 Å². The molecule has 4 atom stereocenters. The van der Waals surface area contributed by atoms with Crippen LogP contribution in [-0.2, 0) is 23.9 Å². The molecule has 0 aromatic rings. The Bertz CT molecular complexity index is 635. The van der Waals surface area contributed by atoms with Gasteiger partial charge in [-0.2, -0.15) is 0 Å². The number of fused-ring (bicyclic) bond motifs is 3. The molecule has 1 N–H and O–H groups in total. The van der Waals surface area contributed by atoms with Gasteiger partial charge in [-0.25, -0.2) is 4.79 Å². The maximum absolute atomic E-state index is 13.4. The summed E-state index contributed by atoms with van der Waals surface area (Å²) < 4.78 is 11.1. The number of hydrogen-bond donors (Lipinski definition) is 1. The minimum absolute atomic E-state index is 0.0878. The first-order valence-electron chi connectivity index (χ1n) is 9.36. The van der Waals surface area contributed by atoms with Gasteiger partial charge in [-0.3, -0.25) is 14.5 Å². The average Bonchev–Trinajstić information content (AvgIpc) is 3.13. The molecule has 0 aromatic carbocycles. The largest absolute Gasteiger partial charge is 0.463 e. The minimum atomic E-state index is -2.02. The topological polar surface area (TPSA) is 96.4 Å². The van der Waals surface area contributed by atoms with Gasteiger partial charge < -0.3 is 19.5 Å². The second-order valence-corrected chi connectivity index (χ2v) is 7.93. The summed E-state index contributed by atoms with van der Waals surface area (Å²) in [5.74, 6) is -4.54. The fourth-order valence-electron chi connectivity index (χ4n) is 4.46. The quantitative estimate of drug-likeness (QED) is 0.573. The molecule has 3 saturated heterocycles. The monoisotopic (exact) mass is 368 g/mol. The molecule has 0 saturated carbocycles. The van der Waals surface area contributed by atoms with Crippen LogP contribution in [0, 0.1) is 11.8 Å². The van der Waals surface area contributed by atoms with E-state index in [-0.39, 0.29) is 18.4 Å². The summed E-state index contributed by atoms with van der Waals surface area (Å²) in [6.45, 7) is 9.22. The third kappa shape index (κ3) is 2.24. The summed E-state index contributed by atoms with van der Waals surface area (Å²) >= 11 is 0. The molecular formula is C18H28N2O6. The molecular weight excluding hydrogens is 340 g/mol. The van der Waals surface area contributed by atoms with E-state index in [9.17, 15) is 19.5 Å². The Morgan fingerprint density at radius 3 is 2.54 bits per heavy atom. The molecule has 0 bridgehead atoms. The summed E-state index contributed by atoms with van der Waals surface area (Å²) in [5.41, 5.74) is -1.95. The number of nitrogens with zero attached hydrogens (tertiary/aromatic N) is 2. The number of ether oxygens (including phenoxy) is 2. The molecule has 0 unspecified atom stereocenters. The number of carbonyl (C=O) groups excluding carboxylic acids is 3. The van der Waals surface area contributed by atoms with Crippen molar-refractivity contribution in [1.82, 2.24) is 9.80 Å². The molecule has 0 aliphatic carbocycles. The Morgan fingerprint density at radius 1 is 1.35 bits per heavy atom. The van der Waals surface area contributed by atoms with Crippen molar-refractivity contribution >= 4 is 17.8 Å². The van der Waals surface area contributed by atoms with Gasteiger partial charge in [-0.15, -0.1) is 0 Å². The van der Waals surface area contributed by atoms with E-state index in [1.165, 1.54) is 0 Å². The van der Waals surface area contributed by atoms with E-state index in [4.69, 9.17) is 9.47 Å². The number of aliphatic hydroxyl groups is 1. The molecule has 3 aliphatic heterocycles. The molecule has 8 heteroatoms. The summed E-state index contributed by atoms with van der Waals surface area (Å²) in [7, 11) is 0. The standard InChI is InChI=1S/C18H28N2O6/c1-6-25-16(23)17(11(4)5)15(22)20-13(10(2)3)14(21)19-9-7-8-12(19)18(20,24)26-17/h10-13,24H,6-9H2,1-5H3/t12-,13+,17+,18+/m1/s1. The van der Waals surface area contributed by atoms with Gasteiger partial charge in [0.2, 0.25) is 11.5 Å². The van der Waals surface area contributed by atoms with E-state index in [0.29, 0.717) is 19.4 Å². The van der Waals surface area contributed by atoms with Crippen molar-refractivity contribution in [3.8, 4) is 0 Å². The first-order chi connectivity index (χ1) is 12.1. The van der Waals surface area contributed by atoms with Gasteiger partial charge in [0.05, 0.1) is 6.61 Å². The Kier molecular flexibility index (Phi) is 4.55. The van der Waals surface area contributed by atoms with Crippen molar-refractivity contribution in [2.45, 2.75) is 71.1 Å². The second-order valence-electron chi connectivity index (χ2n) is 7.93. The van der Waals surface area contributed by atoms with Gasteiger partial charge in [0, 0.05) is 12.5 Å². The lowest BCUT2D eigenvalue weighted by Crippen LogP contribution is -2.72. The lowest BCUT2D eigenvalue weighted by atomic mass is 9.88. The van der Waals surface area contributed by atoms with Crippen LogP contribution in [0.1, 0.15) is 47.5 Å². The van der Waals surface area contributed by atoms with E-state index in [2.05, 4.69) is 0 Å². The number of amides is 2. The molecule has 26 heavy (non-hydrogen) atoms. The van der Waals surface area contributed by atoms with Crippen LogP contribution in [0.25, 0.3) is 0 Å². The van der Waals surface area contributed by atoms with Gasteiger partial charge >= 0.3 is 5.97 Å². The summed E-state index contributed by atoms with van der Waals surface area (Å²) in [6, 6.07) is -1.55. The Labute approximate surface area is 153 Å². The van der Waals surface area contributed by atoms with Crippen LogP contribution in [0.15, 0.2) is 0 Å². The zero-order valence-electron chi connectivity index (χ0n) is 16.0. The van der Waals surface area contributed by atoms with Gasteiger partial charge in [0.15, 0.2) is 0 Å². The van der Waals surface area contributed by atoms with Gasteiger partial charge in [0.1, 0.15) is 12.1 Å². The highest BCUT2D eigenvalue weighted by molar-refractivity contribution is 6.09. The van der Waals surface area contributed by atoms with Crippen LogP contribution in [0.4, 0.5) is 0 Å². The summed E-state index contributed by atoms with van der Waals surface area (Å²) in [6.07, 6.45) is 1.22. The third-order valence-electron chi connectivity index (χ3n) is 5.72. The van der Waals surface area contributed by atoms with Crippen LogP contribution in [0.5, 0.6) is 0 Å². The molecule has 3 aliphatic rings. The average molecular weight is 368 g/mol. The molecule has 0 radical (unpaired) electrons. The van der Waals surface area contributed by atoms with Crippen molar-refractivity contribution in [2.24, 2.45) is 11.8 Å². The maximum atomic E-state index is 13.4. The molecule has 3 heterocycles. The highest BCUT2D eigenvalue weighted by atomic mass is 16.7. The smallest absolute Gasteiger partial charge is 0.348 e. The van der Waals surface area contributed by atoms with Crippen LogP contribution in [0.2, 0.25) is 0 Å². The zero-order valence-corrected chi connectivity index (χ0v) is 16.0. The van der Waals surface area contributed by atoms with Crippen LogP contribution in [0.3, 0.4) is 0 Å². The van der Waals surface area contributed by atoms with E-state index in [1.54, 1.807) is 25.7 Å². The van der Waals surface area contributed by atoms with Crippen molar-refractivity contribution in [1.29, 1.82) is 0 Å². The van der Waals surface area contributed by atoms with Crippen molar-refractivity contribution in [2.75, 3.05) is 13.2 Å². The van der Waals surface area contributed by atoms with E-state index < -0.39 is 41.4 Å². The lowest BCUT2D eigenvalue weighted by Gasteiger charge is -2.49. The highest BCUT2D eigenvalue weighted by Crippen LogP contribution is 2.49. The predicted octanol–water partition coefficient (Wildman–Crippen LogP) is 0.478. The third-order valence-corrected chi connectivity index (χ3v) is 5.72. The molecule has 8 nitrogen and oxygen atoms in total. The SMILES string of the molecule is CCOC(=O)[C@@]1(C(C)C)O[C@@]2(O)[C@H]3CCCN3C(=O)[C@H](C(C)C)N2C1=O. The lowest BCUT2D eigenvalue weighted by molar-refractivity contribution is -0.319. The Hall–Kier alpha value is -1.67. The molecule has 0 spiro atoms. The van der Waals surface area contributed by atoms with Crippen LogP contribution >= 0.6 is 0 Å². The number of esters is 1.